The molecule has 1 atom stereocenters. The summed E-state index contributed by atoms with van der Waals surface area (Å²) >= 11 is 0.680. The summed E-state index contributed by atoms with van der Waals surface area (Å²) in [6, 6.07) is 8.25. The number of carboxylic acids is 1. The fraction of sp³-hybridized carbons (Fsp3) is 0.200. The van der Waals surface area contributed by atoms with E-state index in [0.717, 1.165) is 4.90 Å². The number of carboxylic acid groups (broad SMARTS) is 1. The van der Waals surface area contributed by atoms with Gasteiger partial charge in [0.15, 0.2) is 0 Å². The Kier molecular flexibility index (Phi) is 5.88. The first-order valence-corrected chi connectivity index (χ1v) is 9.49. The van der Waals surface area contributed by atoms with Crippen molar-refractivity contribution in [1.82, 2.24) is 4.90 Å². The molecule has 0 N–H and O–H groups in total. The number of furan rings is 1. The zero-order valence-electron chi connectivity index (χ0n) is 15.5. The van der Waals surface area contributed by atoms with Crippen molar-refractivity contribution >= 4 is 40.9 Å². The first-order chi connectivity index (χ1) is 13.8. The molecule has 8 nitrogen and oxygen atoms in total. The maximum absolute atomic E-state index is 12.6. The zero-order valence-corrected chi connectivity index (χ0v) is 16.4. The number of amides is 2. The number of hydrogen-bond donors (Lipinski definition) is 0. The molecule has 1 fully saturated rings. The van der Waals surface area contributed by atoms with Crippen molar-refractivity contribution in [2.24, 2.45) is 0 Å². The van der Waals surface area contributed by atoms with Crippen molar-refractivity contribution in [1.29, 1.82) is 0 Å². The van der Waals surface area contributed by atoms with Gasteiger partial charge in [-0.3, -0.25) is 14.5 Å². The van der Waals surface area contributed by atoms with Gasteiger partial charge in [-0.1, -0.05) is 24.3 Å². The molecular formula is C20H16NO7S-. The number of thioether (sulfide) groups is 1. The van der Waals surface area contributed by atoms with Gasteiger partial charge in [0.1, 0.15) is 17.6 Å². The third-order valence-corrected chi connectivity index (χ3v) is 5.03. The average Bonchev–Trinajstić information content (AvgIpc) is 3.26. The molecule has 0 bridgehead atoms. The quantitative estimate of drug-likeness (QED) is 0.522. The van der Waals surface area contributed by atoms with E-state index in [9.17, 15) is 24.3 Å². The van der Waals surface area contributed by atoms with E-state index in [-0.39, 0.29) is 28.6 Å². The van der Waals surface area contributed by atoms with E-state index in [1.54, 1.807) is 37.3 Å². The highest BCUT2D eigenvalue weighted by atomic mass is 32.2. The highest BCUT2D eigenvalue weighted by molar-refractivity contribution is 8.18. The number of nitrogens with zero attached hydrogens (tertiary/aromatic N) is 1. The number of benzene rings is 1. The molecule has 1 aliphatic heterocycles. The Morgan fingerprint density at radius 3 is 2.66 bits per heavy atom. The predicted molar refractivity (Wildman–Crippen MR) is 102 cm³/mol. The minimum absolute atomic E-state index is 0.0306. The topological polar surface area (TPSA) is 117 Å². The van der Waals surface area contributed by atoms with Crippen LogP contribution in [-0.2, 0) is 14.3 Å². The summed E-state index contributed by atoms with van der Waals surface area (Å²) in [6.07, 6.45) is 1.37. The molecule has 29 heavy (non-hydrogen) atoms. The molecule has 0 spiro atoms. The zero-order chi connectivity index (χ0) is 21.1. The fourth-order valence-electron chi connectivity index (χ4n) is 2.76. The summed E-state index contributed by atoms with van der Waals surface area (Å²) in [5, 5.41) is 10.7. The lowest BCUT2D eigenvalue weighted by molar-refractivity contribution is -0.255. The van der Waals surface area contributed by atoms with Crippen LogP contribution in [0.1, 0.15) is 30.0 Å². The molecule has 2 aromatic rings. The van der Waals surface area contributed by atoms with E-state index in [1.165, 1.54) is 19.1 Å². The van der Waals surface area contributed by atoms with Crippen LogP contribution in [0.15, 0.2) is 45.7 Å². The molecule has 2 amide bonds. The van der Waals surface area contributed by atoms with Crippen LogP contribution < -0.4 is 5.11 Å². The van der Waals surface area contributed by atoms with Gasteiger partial charge in [0.2, 0.25) is 0 Å². The Hall–Kier alpha value is -3.33. The lowest BCUT2D eigenvalue weighted by Crippen LogP contribution is -2.42. The molecule has 3 rings (SSSR count). The van der Waals surface area contributed by atoms with Crippen LogP contribution in [0.25, 0.3) is 17.4 Å². The fourth-order valence-corrected chi connectivity index (χ4v) is 3.65. The maximum Gasteiger partial charge on any atom is 0.329 e. The van der Waals surface area contributed by atoms with Crippen LogP contribution in [0, 0.1) is 0 Å². The summed E-state index contributed by atoms with van der Waals surface area (Å²) in [5.74, 6) is -2.12. The molecule has 0 radical (unpaired) electrons. The number of rotatable bonds is 6. The smallest absolute Gasteiger partial charge is 0.329 e. The average molecular weight is 414 g/mol. The monoisotopic (exact) mass is 414 g/mol. The maximum atomic E-state index is 12.6. The van der Waals surface area contributed by atoms with Gasteiger partial charge < -0.3 is 19.1 Å². The largest absolute Gasteiger partial charge is 0.545 e. The van der Waals surface area contributed by atoms with Crippen molar-refractivity contribution in [2.75, 3.05) is 6.61 Å². The van der Waals surface area contributed by atoms with Gasteiger partial charge >= 0.3 is 5.97 Å². The Bertz CT molecular complexity index is 1020. The molecule has 1 aromatic carbocycles. The van der Waals surface area contributed by atoms with E-state index in [0.29, 0.717) is 17.3 Å². The number of hydrogen-bond acceptors (Lipinski definition) is 8. The summed E-state index contributed by atoms with van der Waals surface area (Å²) in [5.41, 5.74) is 0.299. The lowest BCUT2D eigenvalue weighted by atomic mass is 10.1. The van der Waals surface area contributed by atoms with E-state index in [2.05, 4.69) is 0 Å². The Balaban J connectivity index is 1.86. The summed E-state index contributed by atoms with van der Waals surface area (Å²) in [6.45, 7) is 3.18. The van der Waals surface area contributed by atoms with Gasteiger partial charge in [0.05, 0.1) is 17.5 Å². The van der Waals surface area contributed by atoms with Gasteiger partial charge in [-0.25, -0.2) is 4.79 Å². The molecule has 0 aliphatic carbocycles. The summed E-state index contributed by atoms with van der Waals surface area (Å²) in [4.78, 5) is 48.8. The van der Waals surface area contributed by atoms with Crippen LogP contribution in [-0.4, -0.2) is 40.6 Å². The van der Waals surface area contributed by atoms with Crippen LogP contribution in [0.2, 0.25) is 0 Å². The number of ether oxygens (including phenoxy) is 1. The van der Waals surface area contributed by atoms with Gasteiger partial charge in [0.25, 0.3) is 11.1 Å². The number of carbonyl (C=O) groups excluding carboxylic acids is 4. The van der Waals surface area contributed by atoms with Gasteiger partial charge in [-0.05, 0) is 37.7 Å². The number of carbonyl (C=O) groups is 4. The van der Waals surface area contributed by atoms with E-state index in [4.69, 9.17) is 9.15 Å². The van der Waals surface area contributed by atoms with Crippen LogP contribution in [0.4, 0.5) is 4.79 Å². The second-order valence-electron chi connectivity index (χ2n) is 6.01. The molecular weight excluding hydrogens is 398 g/mol. The second-order valence-corrected chi connectivity index (χ2v) is 7.01. The molecule has 1 aromatic heterocycles. The summed E-state index contributed by atoms with van der Waals surface area (Å²) in [7, 11) is 0. The normalized spacial score (nSPS) is 16.3. The summed E-state index contributed by atoms with van der Waals surface area (Å²) < 4.78 is 10.5. The second kappa shape index (κ2) is 8.36. The number of aromatic carboxylic acids is 1. The molecule has 1 aliphatic rings. The van der Waals surface area contributed by atoms with Crippen LogP contribution in [0.3, 0.4) is 0 Å². The SMILES string of the molecule is CCOC(=O)[C@H](C)N1C(=O)SC(=Cc2ccc(-c3ccccc3C(=O)[O-])o2)C1=O. The minimum atomic E-state index is -1.34. The third-order valence-electron chi connectivity index (χ3n) is 4.15. The van der Waals surface area contributed by atoms with Crippen molar-refractivity contribution in [3.63, 3.8) is 0 Å². The standard InChI is InChI=1S/C20H17NO7S/c1-3-27-19(25)11(2)21-17(22)16(29-20(21)26)10-12-8-9-15(28-12)13-6-4-5-7-14(13)18(23)24/h4-11H,3H2,1-2H3,(H,23,24)/p-1/t11-/m0/s1. The van der Waals surface area contributed by atoms with E-state index in [1.807, 2.05) is 0 Å². The first kappa shape index (κ1) is 20.4. The minimum Gasteiger partial charge on any atom is -0.545 e. The molecule has 150 valence electrons. The van der Waals surface area contributed by atoms with Crippen molar-refractivity contribution in [2.45, 2.75) is 19.9 Å². The van der Waals surface area contributed by atoms with Gasteiger partial charge in [-0.2, -0.15) is 0 Å². The Morgan fingerprint density at radius 2 is 1.97 bits per heavy atom. The molecule has 1 saturated heterocycles. The van der Waals surface area contributed by atoms with E-state index < -0.39 is 29.1 Å². The van der Waals surface area contributed by atoms with Crippen molar-refractivity contribution in [3.05, 3.63) is 52.6 Å². The van der Waals surface area contributed by atoms with Crippen LogP contribution >= 0.6 is 11.8 Å². The van der Waals surface area contributed by atoms with Crippen molar-refractivity contribution in [3.8, 4) is 11.3 Å². The van der Waals surface area contributed by atoms with Crippen molar-refractivity contribution < 1.29 is 33.4 Å². The van der Waals surface area contributed by atoms with Gasteiger partial charge in [-0.15, -0.1) is 0 Å². The Morgan fingerprint density at radius 1 is 1.24 bits per heavy atom. The molecule has 0 saturated carbocycles. The number of esters is 1. The Labute approximate surface area is 170 Å². The highest BCUT2D eigenvalue weighted by Gasteiger charge is 2.41. The molecule has 0 unspecified atom stereocenters. The molecule has 9 heteroatoms. The van der Waals surface area contributed by atoms with Crippen LogP contribution in [0.5, 0.6) is 0 Å². The third kappa shape index (κ3) is 4.09. The number of imide groups is 1. The van der Waals surface area contributed by atoms with E-state index >= 15 is 0 Å². The predicted octanol–water partition coefficient (Wildman–Crippen LogP) is 2.30. The first-order valence-electron chi connectivity index (χ1n) is 8.67. The van der Waals surface area contributed by atoms with Gasteiger partial charge in [0, 0.05) is 17.2 Å². The highest BCUT2D eigenvalue weighted by Crippen LogP contribution is 2.35. The lowest BCUT2D eigenvalue weighted by Gasteiger charge is -2.19. The molecule has 2 heterocycles.